The Labute approximate surface area is 99.8 Å². The van der Waals surface area contributed by atoms with Gasteiger partial charge in [-0.15, -0.1) is 0 Å². The molecule has 0 bridgehead atoms. The van der Waals surface area contributed by atoms with Gasteiger partial charge in [-0.2, -0.15) is 0 Å². The molecule has 0 saturated carbocycles. The zero-order valence-electron chi connectivity index (χ0n) is 9.66. The van der Waals surface area contributed by atoms with E-state index in [2.05, 4.69) is 0 Å². The zero-order valence-corrected chi connectivity index (χ0v) is 9.66. The van der Waals surface area contributed by atoms with Crippen molar-refractivity contribution in [2.24, 2.45) is 11.7 Å². The number of benzene rings is 1. The third-order valence-electron chi connectivity index (χ3n) is 3.33. The molecule has 0 radical (unpaired) electrons. The summed E-state index contributed by atoms with van der Waals surface area (Å²) < 4.78 is 31.1. The summed E-state index contributed by atoms with van der Waals surface area (Å²) >= 11 is 0. The summed E-state index contributed by atoms with van der Waals surface area (Å²) in [5.41, 5.74) is 6.85. The van der Waals surface area contributed by atoms with Crippen LogP contribution in [0.2, 0.25) is 0 Å². The van der Waals surface area contributed by atoms with Crippen molar-refractivity contribution in [2.45, 2.75) is 25.3 Å². The summed E-state index contributed by atoms with van der Waals surface area (Å²) in [7, 11) is 0. The average molecular weight is 241 g/mol. The van der Waals surface area contributed by atoms with Crippen molar-refractivity contribution in [3.05, 3.63) is 35.4 Å². The summed E-state index contributed by atoms with van der Waals surface area (Å²) in [6, 6.07) is 3.97. The molecular formula is C13H17F2NO. The van der Waals surface area contributed by atoms with Crippen molar-refractivity contribution < 1.29 is 13.5 Å². The molecule has 17 heavy (non-hydrogen) atoms. The third-order valence-corrected chi connectivity index (χ3v) is 3.33. The van der Waals surface area contributed by atoms with Gasteiger partial charge >= 0.3 is 0 Å². The molecule has 1 atom stereocenters. The van der Waals surface area contributed by atoms with E-state index >= 15 is 0 Å². The maximum atomic E-state index is 13.0. The van der Waals surface area contributed by atoms with Crippen LogP contribution < -0.4 is 5.73 Å². The fourth-order valence-electron chi connectivity index (χ4n) is 2.25. The molecule has 1 saturated heterocycles. The Balaban J connectivity index is 1.96. The fraction of sp³-hybridized carbons (Fsp3) is 0.538. The fourth-order valence-corrected chi connectivity index (χ4v) is 2.25. The van der Waals surface area contributed by atoms with E-state index in [-0.39, 0.29) is 6.04 Å². The molecule has 2 rings (SSSR count). The van der Waals surface area contributed by atoms with E-state index in [1.54, 1.807) is 6.07 Å². The van der Waals surface area contributed by atoms with Crippen LogP contribution in [0, 0.1) is 17.6 Å². The highest BCUT2D eigenvalue weighted by Gasteiger charge is 2.21. The molecule has 1 aliphatic heterocycles. The number of halogens is 2. The Bertz CT molecular complexity index is 378. The van der Waals surface area contributed by atoms with Gasteiger partial charge in [0.1, 0.15) is 0 Å². The number of ether oxygens (including phenoxy) is 1. The maximum Gasteiger partial charge on any atom is 0.159 e. The summed E-state index contributed by atoms with van der Waals surface area (Å²) in [6.07, 6.45) is 2.48. The summed E-state index contributed by atoms with van der Waals surface area (Å²) in [6.45, 7) is 1.49. The minimum Gasteiger partial charge on any atom is -0.381 e. The van der Waals surface area contributed by atoms with Crippen LogP contribution >= 0.6 is 0 Å². The van der Waals surface area contributed by atoms with Crippen molar-refractivity contribution in [3.63, 3.8) is 0 Å². The molecule has 1 aromatic carbocycles. The molecule has 1 aromatic rings. The summed E-state index contributed by atoms with van der Waals surface area (Å²) in [5.74, 6) is -1.20. The first-order valence-corrected chi connectivity index (χ1v) is 5.94. The van der Waals surface area contributed by atoms with Crippen LogP contribution in [-0.2, 0) is 11.2 Å². The second-order valence-electron chi connectivity index (χ2n) is 4.57. The van der Waals surface area contributed by atoms with E-state index in [4.69, 9.17) is 10.5 Å². The predicted molar refractivity (Wildman–Crippen MR) is 61.6 cm³/mol. The number of nitrogens with two attached hydrogens (primary N) is 1. The molecule has 0 aromatic heterocycles. The number of rotatable bonds is 3. The molecule has 0 aliphatic carbocycles. The first kappa shape index (κ1) is 12.5. The second kappa shape index (κ2) is 5.56. The van der Waals surface area contributed by atoms with Crippen LogP contribution in [0.25, 0.3) is 0 Å². The molecule has 0 spiro atoms. The molecule has 1 fully saturated rings. The summed E-state index contributed by atoms with van der Waals surface area (Å²) in [4.78, 5) is 0. The Morgan fingerprint density at radius 3 is 2.59 bits per heavy atom. The molecule has 0 amide bonds. The topological polar surface area (TPSA) is 35.2 Å². The van der Waals surface area contributed by atoms with E-state index in [9.17, 15) is 8.78 Å². The smallest absolute Gasteiger partial charge is 0.159 e. The van der Waals surface area contributed by atoms with Crippen LogP contribution in [0.4, 0.5) is 8.78 Å². The molecular weight excluding hydrogens is 224 g/mol. The van der Waals surface area contributed by atoms with Gasteiger partial charge in [0.05, 0.1) is 0 Å². The van der Waals surface area contributed by atoms with Gasteiger partial charge in [0.2, 0.25) is 0 Å². The van der Waals surface area contributed by atoms with E-state index in [1.807, 2.05) is 0 Å². The van der Waals surface area contributed by atoms with Gasteiger partial charge in [-0.1, -0.05) is 6.07 Å². The lowest BCUT2D eigenvalue weighted by atomic mass is 9.88. The lowest BCUT2D eigenvalue weighted by Crippen LogP contribution is -2.36. The van der Waals surface area contributed by atoms with Crippen LogP contribution in [0.15, 0.2) is 18.2 Å². The monoisotopic (exact) mass is 241 g/mol. The molecule has 2 N–H and O–H groups in total. The normalized spacial score (nSPS) is 19.2. The molecule has 1 unspecified atom stereocenters. The Morgan fingerprint density at radius 1 is 1.24 bits per heavy atom. The van der Waals surface area contributed by atoms with E-state index in [0.29, 0.717) is 12.3 Å². The van der Waals surface area contributed by atoms with Crippen LogP contribution in [0.1, 0.15) is 18.4 Å². The minimum atomic E-state index is -0.812. The average Bonchev–Trinajstić information content (AvgIpc) is 2.35. The first-order chi connectivity index (χ1) is 8.16. The van der Waals surface area contributed by atoms with Crippen LogP contribution in [0.3, 0.4) is 0 Å². The van der Waals surface area contributed by atoms with Gasteiger partial charge in [0.25, 0.3) is 0 Å². The highest BCUT2D eigenvalue weighted by atomic mass is 19.2. The second-order valence-corrected chi connectivity index (χ2v) is 4.57. The highest BCUT2D eigenvalue weighted by Crippen LogP contribution is 2.20. The van der Waals surface area contributed by atoms with E-state index in [0.717, 1.165) is 37.7 Å². The zero-order chi connectivity index (χ0) is 12.3. The molecule has 1 heterocycles. The Kier molecular flexibility index (Phi) is 4.07. The molecule has 1 aliphatic rings. The van der Waals surface area contributed by atoms with E-state index < -0.39 is 11.6 Å². The third kappa shape index (κ3) is 3.23. The van der Waals surface area contributed by atoms with Gasteiger partial charge in [0.15, 0.2) is 11.6 Å². The summed E-state index contributed by atoms with van der Waals surface area (Å²) in [5, 5.41) is 0. The van der Waals surface area contributed by atoms with Crippen molar-refractivity contribution >= 4 is 0 Å². The van der Waals surface area contributed by atoms with Crippen molar-refractivity contribution in [1.82, 2.24) is 0 Å². The highest BCUT2D eigenvalue weighted by molar-refractivity contribution is 5.19. The molecule has 2 nitrogen and oxygen atoms in total. The van der Waals surface area contributed by atoms with E-state index in [1.165, 1.54) is 6.07 Å². The number of hydrogen-bond acceptors (Lipinski definition) is 2. The van der Waals surface area contributed by atoms with Crippen LogP contribution in [0.5, 0.6) is 0 Å². The predicted octanol–water partition coefficient (Wildman–Crippen LogP) is 2.26. The van der Waals surface area contributed by atoms with Crippen molar-refractivity contribution in [2.75, 3.05) is 13.2 Å². The maximum absolute atomic E-state index is 13.0. The first-order valence-electron chi connectivity index (χ1n) is 5.94. The van der Waals surface area contributed by atoms with Crippen molar-refractivity contribution in [3.8, 4) is 0 Å². The minimum absolute atomic E-state index is 0.0104. The van der Waals surface area contributed by atoms with Gasteiger partial charge < -0.3 is 10.5 Å². The Hall–Kier alpha value is -1.00. The number of hydrogen-bond donors (Lipinski definition) is 1. The lowest BCUT2D eigenvalue weighted by Gasteiger charge is -2.27. The standard InChI is InChI=1S/C13H17F2NO/c14-11-2-1-9(7-12(11)15)8-13(16)10-3-5-17-6-4-10/h1-2,7,10,13H,3-6,8,16H2. The lowest BCUT2D eigenvalue weighted by molar-refractivity contribution is 0.0585. The molecule has 4 heteroatoms. The van der Waals surface area contributed by atoms with Gasteiger partial charge in [0, 0.05) is 19.3 Å². The van der Waals surface area contributed by atoms with Crippen LogP contribution in [-0.4, -0.2) is 19.3 Å². The van der Waals surface area contributed by atoms with Gasteiger partial charge in [-0.25, -0.2) is 8.78 Å². The van der Waals surface area contributed by atoms with Gasteiger partial charge in [-0.3, -0.25) is 0 Å². The van der Waals surface area contributed by atoms with Gasteiger partial charge in [-0.05, 0) is 42.9 Å². The molecule has 94 valence electrons. The Morgan fingerprint density at radius 2 is 1.94 bits per heavy atom. The largest absolute Gasteiger partial charge is 0.381 e. The quantitative estimate of drug-likeness (QED) is 0.881. The van der Waals surface area contributed by atoms with Crippen molar-refractivity contribution in [1.29, 1.82) is 0 Å². The SMILES string of the molecule is NC(Cc1ccc(F)c(F)c1)C1CCOCC1.